The summed E-state index contributed by atoms with van der Waals surface area (Å²) < 4.78 is 32.3. The molecule has 0 aliphatic heterocycles. The lowest BCUT2D eigenvalue weighted by Crippen LogP contribution is -2.15. The van der Waals surface area contributed by atoms with E-state index in [1.165, 1.54) is 0 Å². The van der Waals surface area contributed by atoms with E-state index in [9.17, 15) is 12.6 Å². The Labute approximate surface area is 75.9 Å². The van der Waals surface area contributed by atoms with E-state index in [1.807, 2.05) is 0 Å². The summed E-state index contributed by atoms with van der Waals surface area (Å²) in [5, 5.41) is 0. The standard InChI is InChI=1S/C6H15NO3S2/c1-12(9,10)6-5-11(8)4-2-3-7/h2-7H2,1H3. The summed E-state index contributed by atoms with van der Waals surface area (Å²) in [6, 6.07) is 0. The summed E-state index contributed by atoms with van der Waals surface area (Å²) in [4.78, 5) is 0. The predicted octanol–water partition coefficient (Wildman–Crippen LogP) is -0.871. The lowest BCUT2D eigenvalue weighted by molar-refractivity contribution is 0.602. The highest BCUT2D eigenvalue weighted by Crippen LogP contribution is 1.90. The van der Waals surface area contributed by atoms with E-state index in [2.05, 4.69) is 0 Å². The number of hydrogen-bond donors (Lipinski definition) is 1. The minimum Gasteiger partial charge on any atom is -0.330 e. The lowest BCUT2D eigenvalue weighted by Gasteiger charge is -1.99. The zero-order valence-corrected chi connectivity index (χ0v) is 8.79. The van der Waals surface area contributed by atoms with Crippen molar-refractivity contribution in [2.75, 3.05) is 30.1 Å². The van der Waals surface area contributed by atoms with E-state index in [0.29, 0.717) is 18.7 Å². The van der Waals surface area contributed by atoms with Crippen molar-refractivity contribution in [2.24, 2.45) is 5.73 Å². The average Bonchev–Trinajstić information content (AvgIpc) is 1.95. The Morgan fingerprint density at radius 1 is 1.33 bits per heavy atom. The van der Waals surface area contributed by atoms with Gasteiger partial charge in [0.2, 0.25) is 0 Å². The summed E-state index contributed by atoms with van der Waals surface area (Å²) in [6.07, 6.45) is 1.84. The zero-order chi connectivity index (χ0) is 9.61. The first-order valence-corrected chi connectivity index (χ1v) is 7.23. The van der Waals surface area contributed by atoms with Gasteiger partial charge in [0.15, 0.2) is 0 Å². The lowest BCUT2D eigenvalue weighted by atomic mass is 10.5. The molecule has 6 heteroatoms. The maximum atomic E-state index is 11.0. The van der Waals surface area contributed by atoms with E-state index >= 15 is 0 Å². The fourth-order valence-corrected chi connectivity index (χ4v) is 3.24. The van der Waals surface area contributed by atoms with Crippen LogP contribution in [0.3, 0.4) is 0 Å². The Kier molecular flexibility index (Phi) is 5.69. The number of rotatable bonds is 6. The van der Waals surface area contributed by atoms with Crippen LogP contribution >= 0.6 is 0 Å². The molecule has 0 spiro atoms. The van der Waals surface area contributed by atoms with Gasteiger partial charge >= 0.3 is 0 Å². The van der Waals surface area contributed by atoms with Gasteiger partial charge in [-0.15, -0.1) is 0 Å². The number of hydrogen-bond acceptors (Lipinski definition) is 4. The first kappa shape index (κ1) is 12.1. The highest BCUT2D eigenvalue weighted by atomic mass is 32.2. The first-order valence-electron chi connectivity index (χ1n) is 3.68. The second-order valence-corrected chi connectivity index (χ2v) is 6.58. The Balaban J connectivity index is 3.58. The quantitative estimate of drug-likeness (QED) is 0.622. The first-order chi connectivity index (χ1) is 5.45. The van der Waals surface area contributed by atoms with Gasteiger partial charge in [-0.05, 0) is 13.0 Å². The van der Waals surface area contributed by atoms with Crippen LogP contribution in [0.15, 0.2) is 0 Å². The Morgan fingerprint density at radius 3 is 2.33 bits per heavy atom. The van der Waals surface area contributed by atoms with E-state index in [1.54, 1.807) is 0 Å². The molecule has 0 aliphatic rings. The van der Waals surface area contributed by atoms with Crippen LogP contribution in [-0.2, 0) is 20.6 Å². The highest BCUT2D eigenvalue weighted by Gasteiger charge is 2.05. The third kappa shape index (κ3) is 8.16. The summed E-state index contributed by atoms with van der Waals surface area (Å²) in [5.74, 6) is 0.745. The molecule has 1 atom stereocenters. The predicted molar refractivity (Wildman–Crippen MR) is 51.3 cm³/mol. The molecule has 0 aliphatic carbocycles. The van der Waals surface area contributed by atoms with Crippen molar-refractivity contribution in [3.8, 4) is 0 Å². The Morgan fingerprint density at radius 2 is 1.92 bits per heavy atom. The minimum absolute atomic E-state index is 0.00415. The van der Waals surface area contributed by atoms with Crippen LogP contribution < -0.4 is 5.73 Å². The smallest absolute Gasteiger partial charge is 0.148 e. The van der Waals surface area contributed by atoms with Crippen LogP contribution in [0.4, 0.5) is 0 Å². The third-order valence-electron chi connectivity index (χ3n) is 1.26. The SMILES string of the molecule is CS(=O)(=O)CCS(=O)CCCN. The maximum Gasteiger partial charge on any atom is 0.148 e. The average molecular weight is 213 g/mol. The van der Waals surface area contributed by atoms with Crippen molar-refractivity contribution in [3.63, 3.8) is 0 Å². The summed E-state index contributed by atoms with van der Waals surface area (Å²) in [5.41, 5.74) is 5.21. The van der Waals surface area contributed by atoms with Gasteiger partial charge in [-0.3, -0.25) is 4.21 Å². The van der Waals surface area contributed by atoms with Crippen LogP contribution in [0.2, 0.25) is 0 Å². The maximum absolute atomic E-state index is 11.0. The molecule has 0 fully saturated rings. The molecule has 0 aromatic heterocycles. The van der Waals surface area contributed by atoms with E-state index in [0.717, 1.165) is 6.26 Å². The van der Waals surface area contributed by atoms with Crippen LogP contribution in [0, 0.1) is 0 Å². The molecule has 0 heterocycles. The molecule has 0 rings (SSSR count). The van der Waals surface area contributed by atoms with Crippen molar-refractivity contribution in [1.82, 2.24) is 0 Å². The molecule has 0 aromatic carbocycles. The molecule has 4 nitrogen and oxygen atoms in total. The van der Waals surface area contributed by atoms with E-state index < -0.39 is 20.6 Å². The second kappa shape index (κ2) is 5.66. The molecule has 1 unspecified atom stereocenters. The number of sulfone groups is 1. The Bertz CT molecular complexity index is 235. The van der Waals surface area contributed by atoms with Crippen LogP contribution in [0.25, 0.3) is 0 Å². The van der Waals surface area contributed by atoms with Crippen LogP contribution in [0.1, 0.15) is 6.42 Å². The zero-order valence-electron chi connectivity index (χ0n) is 7.15. The Hall–Kier alpha value is 0.0600. The third-order valence-corrected chi connectivity index (χ3v) is 3.87. The van der Waals surface area contributed by atoms with Gasteiger partial charge in [0.05, 0.1) is 5.75 Å². The number of nitrogens with two attached hydrogens (primary N) is 1. The molecule has 0 radical (unpaired) electrons. The fourth-order valence-electron chi connectivity index (χ4n) is 0.591. The molecule has 0 aromatic rings. The van der Waals surface area contributed by atoms with Crippen molar-refractivity contribution >= 4 is 20.6 Å². The summed E-state index contributed by atoms with van der Waals surface area (Å²) in [6.45, 7) is 0.505. The van der Waals surface area contributed by atoms with Gasteiger partial charge in [-0.1, -0.05) is 0 Å². The van der Waals surface area contributed by atoms with Gasteiger partial charge < -0.3 is 5.73 Å². The molecule has 74 valence electrons. The van der Waals surface area contributed by atoms with Crippen LogP contribution in [-0.4, -0.2) is 42.7 Å². The molecule has 0 bridgehead atoms. The van der Waals surface area contributed by atoms with Crippen molar-refractivity contribution in [3.05, 3.63) is 0 Å². The molecule has 0 saturated heterocycles. The van der Waals surface area contributed by atoms with Crippen molar-refractivity contribution < 1.29 is 12.6 Å². The molecule has 12 heavy (non-hydrogen) atoms. The van der Waals surface area contributed by atoms with Crippen molar-refractivity contribution in [1.29, 1.82) is 0 Å². The molecular formula is C6H15NO3S2. The molecule has 0 saturated carbocycles. The molecule has 2 N–H and O–H groups in total. The van der Waals surface area contributed by atoms with Gasteiger partial charge in [-0.2, -0.15) is 0 Å². The highest BCUT2D eigenvalue weighted by molar-refractivity contribution is 7.92. The molecular weight excluding hydrogens is 198 g/mol. The van der Waals surface area contributed by atoms with Gasteiger partial charge in [0.1, 0.15) is 9.84 Å². The fraction of sp³-hybridized carbons (Fsp3) is 1.00. The second-order valence-electron chi connectivity index (χ2n) is 2.62. The monoisotopic (exact) mass is 213 g/mol. The molecule has 0 amide bonds. The van der Waals surface area contributed by atoms with Crippen LogP contribution in [0.5, 0.6) is 0 Å². The summed E-state index contributed by atoms with van der Waals surface area (Å²) in [7, 11) is -3.99. The normalized spacial score (nSPS) is 14.5. The van der Waals surface area contributed by atoms with Gasteiger partial charge in [-0.25, -0.2) is 8.42 Å². The topological polar surface area (TPSA) is 77.2 Å². The minimum atomic E-state index is -2.97. The summed E-state index contributed by atoms with van der Waals surface area (Å²) >= 11 is 0. The van der Waals surface area contributed by atoms with E-state index in [-0.39, 0.29) is 11.5 Å². The van der Waals surface area contributed by atoms with E-state index in [4.69, 9.17) is 5.73 Å². The van der Waals surface area contributed by atoms with Gasteiger partial charge in [0, 0.05) is 28.6 Å². The van der Waals surface area contributed by atoms with Gasteiger partial charge in [0.25, 0.3) is 0 Å². The largest absolute Gasteiger partial charge is 0.330 e. The van der Waals surface area contributed by atoms with Crippen molar-refractivity contribution in [2.45, 2.75) is 6.42 Å².